The van der Waals surface area contributed by atoms with Gasteiger partial charge in [-0.15, -0.1) is 0 Å². The average Bonchev–Trinajstić information content (AvgIpc) is 3.36. The van der Waals surface area contributed by atoms with E-state index in [1.165, 1.54) is 25.7 Å². The molecular formula is C24H33N3O3. The lowest BCUT2D eigenvalue weighted by atomic mass is 9.91. The monoisotopic (exact) mass is 411 g/mol. The quantitative estimate of drug-likeness (QED) is 0.754. The number of amides is 2. The number of rotatable bonds is 3. The maximum Gasteiger partial charge on any atom is 0.271 e. The molecular weight excluding hydrogens is 378 g/mol. The van der Waals surface area contributed by atoms with Crippen LogP contribution in [0.1, 0.15) is 87.4 Å². The first kappa shape index (κ1) is 19.7. The normalized spacial score (nSPS) is 26.2. The standard InChI is InChI=1S/C24H33N3O3/c1-16-13-19-21(30-16)14-20-22(28)27(18-11-7-8-12-18)24(2,15-26(19)20)23(29)25-17-9-5-3-4-6-10-17/h13-14,17-18H,3-12,15H2,1-2H3,(H,25,29)/t24-/m1/s1. The fraction of sp³-hybridized carbons (Fsp3) is 0.667. The van der Waals surface area contributed by atoms with E-state index >= 15 is 0 Å². The second kappa shape index (κ2) is 7.47. The number of hydrogen-bond acceptors (Lipinski definition) is 3. The number of fused-ring (bicyclic) bond motifs is 3. The highest BCUT2D eigenvalue weighted by Gasteiger charge is 2.51. The molecule has 5 rings (SSSR count). The van der Waals surface area contributed by atoms with Crippen LogP contribution in [0.25, 0.3) is 11.1 Å². The highest BCUT2D eigenvalue weighted by atomic mass is 16.3. The number of nitrogens with one attached hydrogen (secondary N) is 1. The third-order valence-electron chi connectivity index (χ3n) is 7.52. The van der Waals surface area contributed by atoms with Gasteiger partial charge in [-0.1, -0.05) is 38.5 Å². The van der Waals surface area contributed by atoms with Crippen LogP contribution < -0.4 is 5.32 Å². The Labute approximate surface area is 178 Å². The summed E-state index contributed by atoms with van der Waals surface area (Å²) in [5, 5.41) is 3.35. The summed E-state index contributed by atoms with van der Waals surface area (Å²) in [6.07, 6.45) is 11.1. The van der Waals surface area contributed by atoms with Crippen LogP contribution in [-0.4, -0.2) is 38.9 Å². The molecule has 0 unspecified atom stereocenters. The number of carbonyl (C=O) groups excluding carboxylic acids is 2. The predicted molar refractivity (Wildman–Crippen MR) is 115 cm³/mol. The molecule has 162 valence electrons. The second-order valence-corrected chi connectivity index (χ2v) is 9.77. The van der Waals surface area contributed by atoms with Gasteiger partial charge in [-0.2, -0.15) is 0 Å². The van der Waals surface area contributed by atoms with Gasteiger partial charge in [-0.25, -0.2) is 0 Å². The summed E-state index contributed by atoms with van der Waals surface area (Å²) >= 11 is 0. The molecule has 3 aliphatic rings. The molecule has 0 bridgehead atoms. The molecule has 2 aromatic heterocycles. The third-order valence-corrected chi connectivity index (χ3v) is 7.52. The molecule has 2 fully saturated rings. The number of carbonyl (C=O) groups is 2. The highest BCUT2D eigenvalue weighted by Crippen LogP contribution is 2.38. The van der Waals surface area contributed by atoms with Gasteiger partial charge >= 0.3 is 0 Å². The fourth-order valence-corrected chi connectivity index (χ4v) is 5.92. The van der Waals surface area contributed by atoms with E-state index in [2.05, 4.69) is 5.32 Å². The SMILES string of the molecule is Cc1cc2c(cc3n2C[C@](C)(C(=O)NC2CCCCCC2)N(C2CCCC2)C3=O)o1. The summed E-state index contributed by atoms with van der Waals surface area (Å²) in [5.74, 6) is 0.795. The second-order valence-electron chi connectivity index (χ2n) is 9.77. The molecule has 3 heterocycles. The molecule has 0 saturated heterocycles. The van der Waals surface area contributed by atoms with Crippen LogP contribution in [0.15, 0.2) is 16.5 Å². The van der Waals surface area contributed by atoms with E-state index in [-0.39, 0.29) is 23.9 Å². The van der Waals surface area contributed by atoms with Crippen LogP contribution in [0.2, 0.25) is 0 Å². The van der Waals surface area contributed by atoms with Gasteiger partial charge in [-0.05, 0) is 39.5 Å². The molecule has 0 aromatic carbocycles. The molecule has 30 heavy (non-hydrogen) atoms. The topological polar surface area (TPSA) is 67.5 Å². The van der Waals surface area contributed by atoms with E-state index in [0.29, 0.717) is 12.2 Å². The minimum absolute atomic E-state index is 0.00219. The smallest absolute Gasteiger partial charge is 0.271 e. The number of aromatic nitrogens is 1. The van der Waals surface area contributed by atoms with Crippen molar-refractivity contribution >= 4 is 22.9 Å². The Balaban J connectivity index is 1.52. The van der Waals surface area contributed by atoms with Gasteiger partial charge in [-0.3, -0.25) is 9.59 Å². The lowest BCUT2D eigenvalue weighted by molar-refractivity contribution is -0.135. The summed E-state index contributed by atoms with van der Waals surface area (Å²) in [5.41, 5.74) is 1.41. The van der Waals surface area contributed by atoms with E-state index in [9.17, 15) is 9.59 Å². The molecule has 1 aliphatic heterocycles. The molecule has 0 spiro atoms. The largest absolute Gasteiger partial charge is 0.460 e. The van der Waals surface area contributed by atoms with Crippen LogP contribution in [0.3, 0.4) is 0 Å². The Morgan fingerprint density at radius 3 is 2.43 bits per heavy atom. The summed E-state index contributed by atoms with van der Waals surface area (Å²) in [4.78, 5) is 29.4. The van der Waals surface area contributed by atoms with E-state index in [0.717, 1.165) is 55.4 Å². The highest BCUT2D eigenvalue weighted by molar-refractivity contribution is 6.03. The molecule has 2 saturated carbocycles. The predicted octanol–water partition coefficient (Wildman–Crippen LogP) is 4.54. The van der Waals surface area contributed by atoms with E-state index in [1.54, 1.807) is 0 Å². The minimum atomic E-state index is -0.886. The van der Waals surface area contributed by atoms with Gasteiger partial charge in [0, 0.05) is 24.2 Å². The van der Waals surface area contributed by atoms with Gasteiger partial charge in [0.1, 0.15) is 17.0 Å². The number of aryl methyl sites for hydroxylation is 1. The molecule has 2 aromatic rings. The number of nitrogens with zero attached hydrogens (tertiary/aromatic N) is 2. The van der Waals surface area contributed by atoms with E-state index in [4.69, 9.17) is 4.42 Å². The Hall–Kier alpha value is -2.24. The van der Waals surface area contributed by atoms with Crippen molar-refractivity contribution in [1.29, 1.82) is 0 Å². The average molecular weight is 412 g/mol. The maximum absolute atomic E-state index is 13.7. The zero-order chi connectivity index (χ0) is 20.9. The van der Waals surface area contributed by atoms with Crippen LogP contribution in [0.5, 0.6) is 0 Å². The van der Waals surface area contributed by atoms with Crippen LogP contribution in [0.4, 0.5) is 0 Å². The van der Waals surface area contributed by atoms with Crippen molar-refractivity contribution in [1.82, 2.24) is 14.8 Å². The lowest BCUT2D eigenvalue weighted by Gasteiger charge is -2.47. The third kappa shape index (κ3) is 3.15. The van der Waals surface area contributed by atoms with E-state index < -0.39 is 5.54 Å². The minimum Gasteiger partial charge on any atom is -0.460 e. The molecule has 2 amide bonds. The molecule has 1 N–H and O–H groups in total. The van der Waals surface area contributed by atoms with Gasteiger partial charge < -0.3 is 19.2 Å². The Morgan fingerprint density at radius 2 is 1.73 bits per heavy atom. The number of furan rings is 1. The molecule has 1 atom stereocenters. The maximum atomic E-state index is 13.7. The van der Waals surface area contributed by atoms with Crippen molar-refractivity contribution in [3.8, 4) is 0 Å². The first-order valence-electron chi connectivity index (χ1n) is 11.7. The summed E-state index contributed by atoms with van der Waals surface area (Å²) in [6.45, 7) is 4.36. The zero-order valence-electron chi connectivity index (χ0n) is 18.2. The van der Waals surface area contributed by atoms with Gasteiger partial charge in [0.05, 0.1) is 12.1 Å². The molecule has 0 radical (unpaired) electrons. The van der Waals surface area contributed by atoms with Gasteiger partial charge in [0.2, 0.25) is 5.91 Å². The van der Waals surface area contributed by atoms with Crippen molar-refractivity contribution in [2.45, 2.75) is 102 Å². The zero-order valence-corrected chi connectivity index (χ0v) is 18.2. The van der Waals surface area contributed by atoms with Crippen molar-refractivity contribution in [3.63, 3.8) is 0 Å². The Bertz CT molecular complexity index is 960. The Morgan fingerprint density at radius 1 is 1.07 bits per heavy atom. The molecule has 2 aliphatic carbocycles. The first-order valence-corrected chi connectivity index (χ1v) is 11.7. The molecule has 6 heteroatoms. The first-order chi connectivity index (χ1) is 14.5. The lowest BCUT2D eigenvalue weighted by Crippen LogP contribution is -2.67. The van der Waals surface area contributed by atoms with Crippen LogP contribution in [-0.2, 0) is 11.3 Å². The van der Waals surface area contributed by atoms with Crippen molar-refractivity contribution in [2.75, 3.05) is 0 Å². The van der Waals surface area contributed by atoms with Crippen LogP contribution in [0, 0.1) is 6.92 Å². The number of hydrogen-bond donors (Lipinski definition) is 1. The van der Waals surface area contributed by atoms with Crippen molar-refractivity contribution < 1.29 is 14.0 Å². The van der Waals surface area contributed by atoms with Gasteiger partial charge in [0.15, 0.2) is 5.58 Å². The van der Waals surface area contributed by atoms with Gasteiger partial charge in [0.25, 0.3) is 5.91 Å². The fourth-order valence-electron chi connectivity index (χ4n) is 5.92. The Kier molecular flexibility index (Phi) is 4.91. The summed E-state index contributed by atoms with van der Waals surface area (Å²) in [6, 6.07) is 4.19. The summed E-state index contributed by atoms with van der Waals surface area (Å²) < 4.78 is 7.81. The molecule has 6 nitrogen and oxygen atoms in total. The van der Waals surface area contributed by atoms with Crippen LogP contribution >= 0.6 is 0 Å². The summed E-state index contributed by atoms with van der Waals surface area (Å²) in [7, 11) is 0. The van der Waals surface area contributed by atoms with Crippen molar-refractivity contribution in [3.05, 3.63) is 23.6 Å². The van der Waals surface area contributed by atoms with Crippen molar-refractivity contribution in [2.24, 2.45) is 0 Å². The van der Waals surface area contributed by atoms with E-state index in [1.807, 2.05) is 35.4 Å².